The van der Waals surface area contributed by atoms with Gasteiger partial charge in [-0.15, -0.1) is 0 Å². The van der Waals surface area contributed by atoms with Crippen LogP contribution < -0.4 is 5.32 Å². The van der Waals surface area contributed by atoms with Gasteiger partial charge in [-0.1, -0.05) is 39.3 Å². The average molecular weight is 295 g/mol. The van der Waals surface area contributed by atoms with Gasteiger partial charge in [-0.3, -0.25) is 0 Å². The Bertz CT molecular complexity index is 381. The van der Waals surface area contributed by atoms with Crippen LogP contribution in [0.1, 0.15) is 51.5 Å². The number of ether oxygens (including phenoxy) is 1. The van der Waals surface area contributed by atoms with Gasteiger partial charge >= 0.3 is 0 Å². The second-order valence-electron chi connectivity index (χ2n) is 6.06. The first-order valence-corrected chi connectivity index (χ1v) is 8.17. The number of hydrogen-bond acceptors (Lipinski definition) is 2. The van der Waals surface area contributed by atoms with Gasteiger partial charge in [0.05, 0.1) is 0 Å². The van der Waals surface area contributed by atoms with Gasteiger partial charge < -0.3 is 10.1 Å². The molecule has 0 saturated carbocycles. The summed E-state index contributed by atoms with van der Waals surface area (Å²) in [5.74, 6) is 0.772. The van der Waals surface area contributed by atoms with Crippen molar-refractivity contribution >= 4 is 0 Å². The van der Waals surface area contributed by atoms with E-state index in [0.29, 0.717) is 11.8 Å². The van der Waals surface area contributed by atoms with Crippen molar-refractivity contribution in [1.29, 1.82) is 0 Å². The molecule has 1 N–H and O–H groups in total. The first-order valence-electron chi connectivity index (χ1n) is 8.17. The Kier molecular flexibility index (Phi) is 9.27. The lowest BCUT2D eigenvalue weighted by molar-refractivity contribution is 0.124. The smallest absolute Gasteiger partial charge is 0.123 e. The standard InChI is InChI=1S/C18H30FNO/c1-4-5-10-21-11-9-17(14-20-13-15(2)3)16-7-6-8-18(19)12-16/h6-8,12,15,17,20H,4-5,9-11,13-14H2,1-3H3. The summed E-state index contributed by atoms with van der Waals surface area (Å²) in [7, 11) is 0. The molecule has 0 radical (unpaired) electrons. The molecule has 1 aromatic carbocycles. The monoisotopic (exact) mass is 295 g/mol. The molecule has 0 saturated heterocycles. The topological polar surface area (TPSA) is 21.3 Å². The van der Waals surface area contributed by atoms with Crippen molar-refractivity contribution < 1.29 is 9.13 Å². The normalized spacial score (nSPS) is 12.8. The van der Waals surface area contributed by atoms with E-state index in [1.807, 2.05) is 6.07 Å². The van der Waals surface area contributed by atoms with Crippen LogP contribution in [0.4, 0.5) is 4.39 Å². The third-order valence-electron chi connectivity index (χ3n) is 3.52. The van der Waals surface area contributed by atoms with Crippen LogP contribution in [-0.4, -0.2) is 26.3 Å². The van der Waals surface area contributed by atoms with Crippen LogP contribution in [0.5, 0.6) is 0 Å². The summed E-state index contributed by atoms with van der Waals surface area (Å²) in [6.07, 6.45) is 3.19. The number of halogens is 1. The Balaban J connectivity index is 2.49. The zero-order valence-corrected chi connectivity index (χ0v) is 13.7. The highest BCUT2D eigenvalue weighted by Crippen LogP contribution is 2.20. The third-order valence-corrected chi connectivity index (χ3v) is 3.52. The van der Waals surface area contributed by atoms with E-state index in [4.69, 9.17) is 4.74 Å². The minimum Gasteiger partial charge on any atom is -0.381 e. The van der Waals surface area contributed by atoms with Gasteiger partial charge in [-0.05, 0) is 48.9 Å². The minimum atomic E-state index is -0.159. The van der Waals surface area contributed by atoms with Gasteiger partial charge in [-0.25, -0.2) is 4.39 Å². The van der Waals surface area contributed by atoms with Crippen molar-refractivity contribution in [2.75, 3.05) is 26.3 Å². The Morgan fingerprint density at radius 1 is 1.19 bits per heavy atom. The molecule has 0 fully saturated rings. The molecule has 0 aliphatic heterocycles. The third kappa shape index (κ3) is 8.18. The summed E-state index contributed by atoms with van der Waals surface area (Å²) >= 11 is 0. The van der Waals surface area contributed by atoms with Crippen LogP contribution in [0.15, 0.2) is 24.3 Å². The van der Waals surface area contributed by atoms with E-state index in [1.165, 1.54) is 6.07 Å². The maximum absolute atomic E-state index is 13.4. The molecular weight excluding hydrogens is 265 g/mol. The molecule has 0 bridgehead atoms. The van der Waals surface area contributed by atoms with Crippen molar-refractivity contribution in [2.24, 2.45) is 5.92 Å². The first-order chi connectivity index (χ1) is 10.1. The minimum absolute atomic E-state index is 0.159. The van der Waals surface area contributed by atoms with Gasteiger partial charge in [0.15, 0.2) is 0 Å². The Labute approximate surface area is 129 Å². The summed E-state index contributed by atoms with van der Waals surface area (Å²) in [6.45, 7) is 9.97. The van der Waals surface area contributed by atoms with Crippen molar-refractivity contribution in [2.45, 2.75) is 46.0 Å². The van der Waals surface area contributed by atoms with E-state index in [-0.39, 0.29) is 5.82 Å². The molecular formula is C18H30FNO. The molecule has 2 nitrogen and oxygen atoms in total. The molecule has 0 aromatic heterocycles. The lowest BCUT2D eigenvalue weighted by Crippen LogP contribution is -2.26. The lowest BCUT2D eigenvalue weighted by Gasteiger charge is -2.19. The van der Waals surface area contributed by atoms with E-state index in [1.54, 1.807) is 12.1 Å². The van der Waals surface area contributed by atoms with Crippen LogP contribution in [0.2, 0.25) is 0 Å². The molecule has 0 aliphatic rings. The predicted octanol–water partition coefficient (Wildman–Crippen LogP) is 4.36. The van der Waals surface area contributed by atoms with Crippen molar-refractivity contribution in [1.82, 2.24) is 5.32 Å². The zero-order valence-electron chi connectivity index (χ0n) is 13.7. The molecule has 1 aromatic rings. The zero-order chi connectivity index (χ0) is 15.5. The molecule has 0 amide bonds. The maximum Gasteiger partial charge on any atom is 0.123 e. The van der Waals surface area contributed by atoms with E-state index in [9.17, 15) is 4.39 Å². The number of nitrogens with one attached hydrogen (secondary N) is 1. The van der Waals surface area contributed by atoms with Gasteiger partial charge in [0.25, 0.3) is 0 Å². The number of benzene rings is 1. The van der Waals surface area contributed by atoms with Gasteiger partial charge in [0, 0.05) is 19.8 Å². The molecule has 1 rings (SSSR count). The number of rotatable bonds is 11. The Hall–Kier alpha value is -0.930. The van der Waals surface area contributed by atoms with Crippen LogP contribution in [0.25, 0.3) is 0 Å². The summed E-state index contributed by atoms with van der Waals surface area (Å²) in [6, 6.07) is 6.95. The highest BCUT2D eigenvalue weighted by atomic mass is 19.1. The van der Waals surface area contributed by atoms with Gasteiger partial charge in [0.2, 0.25) is 0 Å². The molecule has 3 heteroatoms. The lowest BCUT2D eigenvalue weighted by atomic mass is 9.95. The van der Waals surface area contributed by atoms with Crippen LogP contribution in [-0.2, 0) is 4.74 Å². The fraction of sp³-hybridized carbons (Fsp3) is 0.667. The second kappa shape index (κ2) is 10.7. The largest absolute Gasteiger partial charge is 0.381 e. The highest BCUT2D eigenvalue weighted by Gasteiger charge is 2.12. The number of unbranched alkanes of at least 4 members (excludes halogenated alkanes) is 1. The predicted molar refractivity (Wildman–Crippen MR) is 87.2 cm³/mol. The molecule has 1 atom stereocenters. The number of hydrogen-bond donors (Lipinski definition) is 1. The summed E-state index contributed by atoms with van der Waals surface area (Å²) in [5.41, 5.74) is 1.06. The molecule has 21 heavy (non-hydrogen) atoms. The Morgan fingerprint density at radius 2 is 2.00 bits per heavy atom. The summed E-state index contributed by atoms with van der Waals surface area (Å²) < 4.78 is 19.1. The second-order valence-corrected chi connectivity index (χ2v) is 6.06. The van der Waals surface area contributed by atoms with E-state index in [2.05, 4.69) is 26.1 Å². The molecule has 120 valence electrons. The first kappa shape index (κ1) is 18.1. The Morgan fingerprint density at radius 3 is 2.67 bits per heavy atom. The van der Waals surface area contributed by atoms with Crippen LogP contribution in [0.3, 0.4) is 0 Å². The van der Waals surface area contributed by atoms with E-state index >= 15 is 0 Å². The SMILES string of the molecule is CCCCOCCC(CNCC(C)C)c1cccc(F)c1. The molecule has 0 aliphatic carbocycles. The van der Waals surface area contributed by atoms with E-state index in [0.717, 1.165) is 51.1 Å². The molecule has 0 spiro atoms. The van der Waals surface area contributed by atoms with Crippen LogP contribution in [0, 0.1) is 11.7 Å². The summed E-state index contributed by atoms with van der Waals surface area (Å²) in [4.78, 5) is 0. The van der Waals surface area contributed by atoms with Crippen molar-refractivity contribution in [3.63, 3.8) is 0 Å². The molecule has 0 heterocycles. The maximum atomic E-state index is 13.4. The highest BCUT2D eigenvalue weighted by molar-refractivity contribution is 5.21. The van der Waals surface area contributed by atoms with Crippen molar-refractivity contribution in [3.05, 3.63) is 35.6 Å². The fourth-order valence-corrected chi connectivity index (χ4v) is 2.27. The van der Waals surface area contributed by atoms with Gasteiger partial charge in [-0.2, -0.15) is 0 Å². The average Bonchev–Trinajstić information content (AvgIpc) is 2.45. The fourth-order valence-electron chi connectivity index (χ4n) is 2.27. The van der Waals surface area contributed by atoms with Crippen molar-refractivity contribution in [3.8, 4) is 0 Å². The summed E-state index contributed by atoms with van der Waals surface area (Å²) in [5, 5.41) is 3.48. The molecule has 1 unspecified atom stereocenters. The van der Waals surface area contributed by atoms with E-state index < -0.39 is 0 Å². The van der Waals surface area contributed by atoms with Gasteiger partial charge in [0.1, 0.15) is 5.82 Å². The van der Waals surface area contributed by atoms with Crippen LogP contribution >= 0.6 is 0 Å². The quantitative estimate of drug-likeness (QED) is 0.612.